The maximum Gasteiger partial charge on any atom is 0.301 e. The van der Waals surface area contributed by atoms with Gasteiger partial charge in [0, 0.05) is 5.56 Å². The Morgan fingerprint density at radius 2 is 1.76 bits per heavy atom. The van der Waals surface area contributed by atoms with Crippen LogP contribution in [0.1, 0.15) is 37.4 Å². The summed E-state index contributed by atoms with van der Waals surface area (Å²) in [7, 11) is 0. The van der Waals surface area contributed by atoms with Gasteiger partial charge in [-0.3, -0.25) is 14.5 Å². The number of hydrogen-bond donors (Lipinski definition) is 1. The normalized spacial score (nSPS) is 16.2. The first kappa shape index (κ1) is 27.9. The molecule has 1 unspecified atom stereocenters. The van der Waals surface area contributed by atoms with Gasteiger partial charge in [-0.2, -0.15) is 0 Å². The molecule has 9 heteroatoms. The van der Waals surface area contributed by atoms with E-state index in [1.54, 1.807) is 54.6 Å². The van der Waals surface area contributed by atoms with E-state index < -0.39 is 17.7 Å². The van der Waals surface area contributed by atoms with E-state index in [-0.39, 0.29) is 11.3 Å². The molecule has 0 radical (unpaired) electrons. The Labute approximate surface area is 242 Å². The number of aromatic nitrogens is 1. The van der Waals surface area contributed by atoms with Crippen LogP contribution in [0.3, 0.4) is 0 Å². The van der Waals surface area contributed by atoms with Crippen LogP contribution in [0.5, 0.6) is 17.2 Å². The van der Waals surface area contributed by atoms with Crippen LogP contribution in [0.4, 0.5) is 5.13 Å². The Balaban J connectivity index is 1.64. The van der Waals surface area contributed by atoms with Gasteiger partial charge in [0.1, 0.15) is 29.6 Å². The maximum absolute atomic E-state index is 13.6. The summed E-state index contributed by atoms with van der Waals surface area (Å²) in [6.07, 6.45) is 2.47. The highest BCUT2D eigenvalue weighted by molar-refractivity contribution is 7.22. The van der Waals surface area contributed by atoms with Crippen molar-refractivity contribution in [1.29, 1.82) is 0 Å². The van der Waals surface area contributed by atoms with Gasteiger partial charge in [-0.05, 0) is 61.4 Å². The largest absolute Gasteiger partial charge is 0.507 e. The number of ether oxygens (including phenoxy) is 3. The van der Waals surface area contributed by atoms with E-state index in [1.807, 2.05) is 32.0 Å². The number of fused-ring (bicyclic) bond motifs is 1. The fourth-order valence-electron chi connectivity index (χ4n) is 4.61. The van der Waals surface area contributed by atoms with Crippen LogP contribution >= 0.6 is 11.3 Å². The summed E-state index contributed by atoms with van der Waals surface area (Å²) in [5, 5.41) is 11.9. The van der Waals surface area contributed by atoms with E-state index >= 15 is 0 Å². The van der Waals surface area contributed by atoms with E-state index in [2.05, 4.69) is 11.6 Å². The van der Waals surface area contributed by atoms with Crippen molar-refractivity contribution in [3.05, 3.63) is 96.1 Å². The summed E-state index contributed by atoms with van der Waals surface area (Å²) in [5.41, 5.74) is 1.63. The van der Waals surface area contributed by atoms with Gasteiger partial charge in [0.25, 0.3) is 5.78 Å². The van der Waals surface area contributed by atoms with Crippen LogP contribution in [0.15, 0.2) is 85.0 Å². The minimum atomic E-state index is -0.921. The molecular formula is C32H30N2O6S. The van der Waals surface area contributed by atoms with Gasteiger partial charge in [-0.1, -0.05) is 55.2 Å². The molecule has 1 saturated heterocycles. The minimum absolute atomic E-state index is 0.0309. The predicted molar refractivity (Wildman–Crippen MR) is 160 cm³/mol. The van der Waals surface area contributed by atoms with Gasteiger partial charge in [-0.15, -0.1) is 0 Å². The van der Waals surface area contributed by atoms with Crippen molar-refractivity contribution in [3.63, 3.8) is 0 Å². The number of Topliss-reactive ketones (excluding diaryl/α,β-unsaturated/α-hetero) is 1. The molecule has 1 aromatic heterocycles. The number of benzene rings is 3. The Kier molecular flexibility index (Phi) is 8.35. The zero-order valence-electron chi connectivity index (χ0n) is 22.8. The van der Waals surface area contributed by atoms with Crippen LogP contribution in [0.2, 0.25) is 0 Å². The summed E-state index contributed by atoms with van der Waals surface area (Å²) in [6, 6.07) is 18.5. The number of aliphatic hydroxyl groups excluding tert-OH is 1. The molecule has 0 spiro atoms. The molecule has 5 rings (SSSR count). The molecule has 1 fully saturated rings. The summed E-state index contributed by atoms with van der Waals surface area (Å²) in [6.45, 7) is 8.94. The Morgan fingerprint density at radius 3 is 2.49 bits per heavy atom. The zero-order valence-corrected chi connectivity index (χ0v) is 23.6. The molecule has 0 bridgehead atoms. The summed E-state index contributed by atoms with van der Waals surface area (Å²) in [4.78, 5) is 33.2. The van der Waals surface area contributed by atoms with Gasteiger partial charge in [0.15, 0.2) is 5.13 Å². The number of anilines is 1. The minimum Gasteiger partial charge on any atom is -0.507 e. The molecule has 8 nitrogen and oxygen atoms in total. The number of rotatable bonds is 11. The number of aliphatic hydroxyl groups is 1. The van der Waals surface area contributed by atoms with Crippen molar-refractivity contribution in [2.45, 2.75) is 26.3 Å². The van der Waals surface area contributed by atoms with Crippen LogP contribution in [-0.4, -0.2) is 41.6 Å². The molecule has 1 N–H and O–H groups in total. The van der Waals surface area contributed by atoms with Crippen molar-refractivity contribution in [2.24, 2.45) is 0 Å². The van der Waals surface area contributed by atoms with Crippen molar-refractivity contribution in [1.82, 2.24) is 4.98 Å². The second-order valence-electron chi connectivity index (χ2n) is 9.27. The van der Waals surface area contributed by atoms with Crippen molar-refractivity contribution >= 4 is 44.1 Å². The van der Waals surface area contributed by atoms with Gasteiger partial charge < -0.3 is 19.3 Å². The van der Waals surface area contributed by atoms with Crippen molar-refractivity contribution < 1.29 is 28.9 Å². The van der Waals surface area contributed by atoms with E-state index in [4.69, 9.17) is 14.2 Å². The lowest BCUT2D eigenvalue weighted by atomic mass is 9.95. The average Bonchev–Trinajstić information content (AvgIpc) is 3.52. The van der Waals surface area contributed by atoms with Gasteiger partial charge >= 0.3 is 5.91 Å². The fraction of sp³-hybridized carbons (Fsp3) is 0.219. The Hall–Kier alpha value is -4.63. The van der Waals surface area contributed by atoms with Gasteiger partial charge in [-0.25, -0.2) is 4.98 Å². The van der Waals surface area contributed by atoms with Crippen LogP contribution in [-0.2, 0) is 9.59 Å². The van der Waals surface area contributed by atoms with Crippen LogP contribution in [0, 0.1) is 0 Å². The first-order chi connectivity index (χ1) is 19.9. The third-order valence-corrected chi connectivity index (χ3v) is 7.47. The number of nitrogens with zero attached hydrogens (tertiary/aromatic N) is 2. The highest BCUT2D eigenvalue weighted by atomic mass is 32.1. The molecule has 0 aliphatic carbocycles. The third-order valence-electron chi connectivity index (χ3n) is 6.45. The molecule has 4 aromatic rings. The number of carbonyl (C=O) groups excluding carboxylic acids is 2. The Bertz CT molecular complexity index is 1620. The number of thiazole rings is 1. The monoisotopic (exact) mass is 570 g/mol. The lowest BCUT2D eigenvalue weighted by Gasteiger charge is -2.23. The van der Waals surface area contributed by atoms with E-state index in [9.17, 15) is 14.7 Å². The summed E-state index contributed by atoms with van der Waals surface area (Å²) in [5.74, 6) is -0.00487. The van der Waals surface area contributed by atoms with Crippen molar-refractivity contribution in [2.75, 3.05) is 24.7 Å². The molecule has 1 aliphatic heterocycles. The topological polar surface area (TPSA) is 98.2 Å². The maximum atomic E-state index is 13.6. The molecule has 2 heterocycles. The van der Waals surface area contributed by atoms with E-state index in [1.165, 1.54) is 16.2 Å². The number of carbonyl (C=O) groups is 2. The second-order valence-corrected chi connectivity index (χ2v) is 10.3. The summed E-state index contributed by atoms with van der Waals surface area (Å²) >= 11 is 1.28. The average molecular weight is 571 g/mol. The molecule has 1 atom stereocenters. The highest BCUT2D eigenvalue weighted by Gasteiger charge is 2.48. The Morgan fingerprint density at radius 1 is 1.00 bits per heavy atom. The third kappa shape index (κ3) is 5.67. The zero-order chi connectivity index (χ0) is 28.9. The predicted octanol–water partition coefficient (Wildman–Crippen LogP) is 6.67. The molecule has 1 aliphatic rings. The molecule has 3 aromatic carbocycles. The van der Waals surface area contributed by atoms with Gasteiger partial charge in [0.2, 0.25) is 0 Å². The molecule has 210 valence electrons. The number of hydrogen-bond acceptors (Lipinski definition) is 8. The standard InChI is InChI=1S/C32H30N2O6S/c1-4-16-39-22-12-10-20(11-13-22)28-27(29(35)21-8-7-9-23(18-21)40-17-5-2)30(36)31(37)34(28)32-33-25-15-14-24(38-6-3)19-26(25)41-32/h4,7-15,18-19,28,35H,1,5-6,16-17H2,2-3H3. The number of ketones is 1. The smallest absolute Gasteiger partial charge is 0.301 e. The lowest BCUT2D eigenvalue weighted by molar-refractivity contribution is -0.132. The fourth-order valence-corrected chi connectivity index (χ4v) is 5.63. The first-order valence-corrected chi connectivity index (χ1v) is 14.2. The van der Waals surface area contributed by atoms with Crippen molar-refractivity contribution in [3.8, 4) is 17.2 Å². The SMILES string of the molecule is C=CCOc1ccc(C2C(=C(O)c3cccc(OCCC)c3)C(=O)C(=O)N2c2nc3ccc(OCC)cc3s2)cc1. The van der Waals surface area contributed by atoms with E-state index in [0.29, 0.717) is 58.8 Å². The summed E-state index contributed by atoms with van der Waals surface area (Å²) < 4.78 is 17.8. The molecule has 1 amide bonds. The first-order valence-electron chi connectivity index (χ1n) is 13.4. The van der Waals surface area contributed by atoms with Crippen LogP contribution < -0.4 is 19.1 Å². The van der Waals surface area contributed by atoms with E-state index in [0.717, 1.165) is 11.1 Å². The molecule has 41 heavy (non-hydrogen) atoms. The highest BCUT2D eigenvalue weighted by Crippen LogP contribution is 2.45. The van der Waals surface area contributed by atoms with Gasteiger partial charge in [0.05, 0.1) is 35.0 Å². The lowest BCUT2D eigenvalue weighted by Crippen LogP contribution is -2.29. The van der Waals surface area contributed by atoms with Crippen LogP contribution in [0.25, 0.3) is 16.0 Å². The molecular weight excluding hydrogens is 540 g/mol. The second kappa shape index (κ2) is 12.3. The molecule has 0 saturated carbocycles. The number of amides is 1. The quantitative estimate of drug-likeness (QED) is 0.0930.